The number of fused-ring (bicyclic) bond motifs is 5. The van der Waals surface area contributed by atoms with Gasteiger partial charge in [0.15, 0.2) is 0 Å². The number of amides is 1. The number of aromatic nitrogens is 4. The third-order valence-electron chi connectivity index (χ3n) is 6.10. The highest BCUT2D eigenvalue weighted by molar-refractivity contribution is 6.34. The van der Waals surface area contributed by atoms with E-state index in [9.17, 15) is 4.79 Å². The molecule has 29 heavy (non-hydrogen) atoms. The van der Waals surface area contributed by atoms with Crippen molar-refractivity contribution in [2.24, 2.45) is 0 Å². The van der Waals surface area contributed by atoms with Gasteiger partial charge in [0.1, 0.15) is 12.0 Å². The fraction of sp³-hybridized carbons (Fsp3) is 0.400. The molecule has 3 aliphatic heterocycles. The van der Waals surface area contributed by atoms with Gasteiger partial charge in [-0.3, -0.25) is 14.3 Å². The fourth-order valence-electron chi connectivity index (χ4n) is 4.57. The molecule has 1 atom stereocenters. The molecule has 2 fully saturated rings. The van der Waals surface area contributed by atoms with Crippen molar-refractivity contribution in [3.8, 4) is 17.2 Å². The Labute approximate surface area is 172 Å². The summed E-state index contributed by atoms with van der Waals surface area (Å²) in [6.07, 6.45) is 5.02. The molecular weight excluding hydrogens is 392 g/mol. The molecule has 1 aromatic carbocycles. The number of benzene rings is 1. The molecule has 0 radical (unpaired) electrons. The van der Waals surface area contributed by atoms with E-state index in [0.29, 0.717) is 41.1 Å². The highest BCUT2D eigenvalue weighted by Crippen LogP contribution is 2.44. The number of imidazole rings is 1. The van der Waals surface area contributed by atoms with E-state index < -0.39 is 0 Å². The molecule has 2 aromatic heterocycles. The normalized spacial score (nSPS) is 20.8. The molecule has 0 bridgehead atoms. The van der Waals surface area contributed by atoms with Crippen LogP contribution in [0.25, 0.3) is 17.2 Å². The first kappa shape index (κ1) is 17.2. The monoisotopic (exact) mass is 410 g/mol. The van der Waals surface area contributed by atoms with E-state index in [1.807, 2.05) is 21.6 Å². The molecule has 2 saturated heterocycles. The van der Waals surface area contributed by atoms with Crippen LogP contribution in [0, 0.1) is 0 Å². The lowest BCUT2D eigenvalue weighted by molar-refractivity contribution is 0.0461. The Kier molecular flexibility index (Phi) is 3.79. The van der Waals surface area contributed by atoms with E-state index in [0.717, 1.165) is 30.9 Å². The largest absolute Gasteiger partial charge is 0.337 e. The zero-order valence-corrected chi connectivity index (χ0v) is 16.5. The summed E-state index contributed by atoms with van der Waals surface area (Å²) in [5.74, 6) is 1.03. The summed E-state index contributed by atoms with van der Waals surface area (Å²) in [6, 6.07) is 5.43. The third-order valence-corrected chi connectivity index (χ3v) is 6.42. The molecule has 1 amide bonds. The van der Waals surface area contributed by atoms with Crippen molar-refractivity contribution in [3.63, 3.8) is 0 Å². The molecule has 148 valence electrons. The van der Waals surface area contributed by atoms with Crippen LogP contribution in [0.15, 0.2) is 29.0 Å². The number of hydrogen-bond acceptors (Lipinski definition) is 6. The minimum absolute atomic E-state index is 0.0423. The predicted molar refractivity (Wildman–Crippen MR) is 105 cm³/mol. The Bertz CT molecular complexity index is 1120. The average molecular weight is 411 g/mol. The number of carbonyl (C=O) groups excluding carboxylic acids is 1. The number of likely N-dealkylation sites (tertiary alicyclic amines) is 1. The molecule has 3 aromatic rings. The van der Waals surface area contributed by atoms with Crippen LogP contribution in [0.5, 0.6) is 0 Å². The Morgan fingerprint density at radius 1 is 1.21 bits per heavy atom. The van der Waals surface area contributed by atoms with Gasteiger partial charge in [-0.25, -0.2) is 4.98 Å². The number of hydrogen-bond donors (Lipinski definition) is 0. The quantitative estimate of drug-likeness (QED) is 0.660. The van der Waals surface area contributed by atoms with Gasteiger partial charge in [0.2, 0.25) is 11.7 Å². The van der Waals surface area contributed by atoms with Gasteiger partial charge >= 0.3 is 0 Å². The summed E-state index contributed by atoms with van der Waals surface area (Å²) in [6.45, 7) is 3.49. The van der Waals surface area contributed by atoms with Crippen LogP contribution < -0.4 is 0 Å². The topological polar surface area (TPSA) is 80.3 Å². The van der Waals surface area contributed by atoms with Crippen molar-refractivity contribution in [2.75, 3.05) is 19.6 Å². The van der Waals surface area contributed by atoms with Crippen LogP contribution >= 0.6 is 11.6 Å². The van der Waals surface area contributed by atoms with Crippen LogP contribution in [0.3, 0.4) is 0 Å². The van der Waals surface area contributed by atoms with Crippen LogP contribution in [0.1, 0.15) is 47.2 Å². The van der Waals surface area contributed by atoms with Crippen molar-refractivity contribution in [2.45, 2.75) is 31.8 Å². The van der Waals surface area contributed by atoms with E-state index in [4.69, 9.17) is 16.1 Å². The Morgan fingerprint density at radius 3 is 2.86 bits per heavy atom. The van der Waals surface area contributed by atoms with E-state index in [1.165, 1.54) is 12.8 Å². The molecule has 3 aliphatic rings. The average Bonchev–Trinajstić information content (AvgIpc) is 3.41. The molecule has 0 spiro atoms. The van der Waals surface area contributed by atoms with Gasteiger partial charge in [0.25, 0.3) is 5.91 Å². The molecule has 6 rings (SSSR count). The van der Waals surface area contributed by atoms with Gasteiger partial charge in [-0.1, -0.05) is 22.8 Å². The van der Waals surface area contributed by atoms with Crippen molar-refractivity contribution >= 4 is 17.5 Å². The number of nitrogens with zero attached hydrogens (tertiary/aromatic N) is 6. The minimum atomic E-state index is -0.0657. The molecule has 0 saturated carbocycles. The Hall–Kier alpha value is -2.71. The molecule has 8 nitrogen and oxygen atoms in total. The van der Waals surface area contributed by atoms with E-state index in [1.54, 1.807) is 12.4 Å². The van der Waals surface area contributed by atoms with Gasteiger partial charge in [-0.15, -0.1) is 0 Å². The SMILES string of the molecule is O=C1c2c(Cl)cccc2-n2cnc(-c3noc(CN4CCCC4)n3)c2[C@@H]2CCN12. The van der Waals surface area contributed by atoms with Gasteiger partial charge in [0, 0.05) is 6.54 Å². The second kappa shape index (κ2) is 6.40. The zero-order valence-electron chi connectivity index (χ0n) is 15.7. The first-order valence-corrected chi connectivity index (χ1v) is 10.3. The number of carbonyl (C=O) groups is 1. The van der Waals surface area contributed by atoms with Crippen LogP contribution in [0.4, 0.5) is 0 Å². The van der Waals surface area contributed by atoms with Gasteiger partial charge in [-0.2, -0.15) is 4.98 Å². The summed E-state index contributed by atoms with van der Waals surface area (Å²) < 4.78 is 7.46. The lowest BCUT2D eigenvalue weighted by Gasteiger charge is -2.39. The van der Waals surface area contributed by atoms with E-state index >= 15 is 0 Å². The lowest BCUT2D eigenvalue weighted by Crippen LogP contribution is -2.44. The van der Waals surface area contributed by atoms with Crippen LogP contribution in [-0.4, -0.2) is 55.0 Å². The van der Waals surface area contributed by atoms with Crippen LogP contribution in [0.2, 0.25) is 5.02 Å². The fourth-order valence-corrected chi connectivity index (χ4v) is 4.82. The Balaban J connectivity index is 1.44. The maximum Gasteiger partial charge on any atom is 0.258 e. The van der Waals surface area contributed by atoms with E-state index in [-0.39, 0.29) is 11.9 Å². The first-order chi connectivity index (χ1) is 14.2. The summed E-state index contributed by atoms with van der Waals surface area (Å²) in [5.41, 5.74) is 2.84. The second-order valence-electron chi connectivity index (χ2n) is 7.78. The van der Waals surface area contributed by atoms with Crippen LogP contribution in [-0.2, 0) is 6.54 Å². The summed E-state index contributed by atoms with van der Waals surface area (Å²) in [7, 11) is 0. The highest BCUT2D eigenvalue weighted by Gasteiger charge is 2.43. The van der Waals surface area contributed by atoms with Crippen molar-refractivity contribution < 1.29 is 9.32 Å². The highest BCUT2D eigenvalue weighted by atomic mass is 35.5. The summed E-state index contributed by atoms with van der Waals surface area (Å²) >= 11 is 6.40. The third kappa shape index (κ3) is 2.55. The van der Waals surface area contributed by atoms with Crippen molar-refractivity contribution in [3.05, 3.63) is 46.7 Å². The molecule has 0 N–H and O–H groups in total. The molecule has 5 heterocycles. The molecule has 9 heteroatoms. The minimum Gasteiger partial charge on any atom is -0.337 e. The maximum atomic E-state index is 13.1. The number of halogens is 1. The van der Waals surface area contributed by atoms with Gasteiger partial charge < -0.3 is 9.42 Å². The Morgan fingerprint density at radius 2 is 2.07 bits per heavy atom. The standard InChI is InChI=1S/C20H19ClN6O2/c21-12-4-3-5-13-16(12)20(28)26-9-6-14(26)18-17(22-11-27(13)18)19-23-15(29-24-19)10-25-7-1-2-8-25/h3-5,11,14H,1-2,6-10H2/t14-/m0/s1. The first-order valence-electron chi connectivity index (χ1n) is 9.93. The molecule has 0 unspecified atom stereocenters. The summed E-state index contributed by atoms with van der Waals surface area (Å²) in [5, 5.41) is 4.65. The van der Waals surface area contributed by atoms with Crippen molar-refractivity contribution in [1.29, 1.82) is 0 Å². The molecular formula is C20H19ClN6O2. The number of rotatable bonds is 3. The van der Waals surface area contributed by atoms with E-state index in [2.05, 4.69) is 20.0 Å². The molecule has 0 aliphatic carbocycles. The lowest BCUT2D eigenvalue weighted by atomic mass is 9.97. The summed E-state index contributed by atoms with van der Waals surface area (Å²) in [4.78, 5) is 26.5. The van der Waals surface area contributed by atoms with Gasteiger partial charge in [0.05, 0.1) is 34.6 Å². The smallest absolute Gasteiger partial charge is 0.258 e. The predicted octanol–water partition coefficient (Wildman–Crippen LogP) is 3.07. The van der Waals surface area contributed by atoms with Gasteiger partial charge in [-0.05, 0) is 44.5 Å². The maximum absolute atomic E-state index is 13.1. The zero-order chi connectivity index (χ0) is 19.5. The second-order valence-corrected chi connectivity index (χ2v) is 8.19. The van der Waals surface area contributed by atoms with Crippen molar-refractivity contribution in [1.82, 2.24) is 29.5 Å².